The molecule has 1 saturated heterocycles. The number of hydrogen-bond acceptors (Lipinski definition) is 3. The van der Waals surface area contributed by atoms with Gasteiger partial charge in [0, 0.05) is 13.1 Å². The van der Waals surface area contributed by atoms with Crippen molar-refractivity contribution in [3.05, 3.63) is 105 Å². The number of carbonyl (C=O) groups is 1. The zero-order chi connectivity index (χ0) is 25.0. The normalized spacial score (nSPS) is 17.6. The third kappa shape index (κ3) is 6.44. The van der Waals surface area contributed by atoms with Crippen molar-refractivity contribution in [1.29, 1.82) is 0 Å². The van der Waals surface area contributed by atoms with Gasteiger partial charge in [-0.3, -0.25) is 4.79 Å². The molecule has 0 aliphatic carbocycles. The van der Waals surface area contributed by atoms with Gasteiger partial charge in [0.15, 0.2) is 0 Å². The molecule has 1 heterocycles. The van der Waals surface area contributed by atoms with Crippen molar-refractivity contribution in [2.24, 2.45) is 5.92 Å². The van der Waals surface area contributed by atoms with Crippen molar-refractivity contribution in [2.45, 2.75) is 31.6 Å². The molecule has 8 heteroatoms. The molecule has 0 radical (unpaired) electrons. The van der Waals surface area contributed by atoms with E-state index in [9.17, 15) is 13.2 Å². The fourth-order valence-corrected chi connectivity index (χ4v) is 6.28. The van der Waals surface area contributed by atoms with Gasteiger partial charge < -0.3 is 5.32 Å². The predicted octanol–water partition coefficient (Wildman–Crippen LogP) is 5.75. The number of piperidine rings is 1. The number of benzene rings is 3. The Kier molecular flexibility index (Phi) is 8.17. The summed E-state index contributed by atoms with van der Waals surface area (Å²) in [5, 5.41) is 3.88. The summed E-state index contributed by atoms with van der Waals surface area (Å²) >= 11 is 12.0. The number of carbonyl (C=O) groups excluding carboxylic acids is 1. The largest absolute Gasteiger partial charge is 0.345 e. The Labute approximate surface area is 217 Å². The average Bonchev–Trinajstić information content (AvgIpc) is 2.86. The van der Waals surface area contributed by atoms with Crippen LogP contribution in [0.3, 0.4) is 0 Å². The summed E-state index contributed by atoms with van der Waals surface area (Å²) in [6.45, 7) is 2.58. The maximum atomic E-state index is 13.4. The number of sulfonamides is 1. The van der Waals surface area contributed by atoms with E-state index in [1.54, 1.807) is 18.2 Å². The minimum Gasteiger partial charge on any atom is -0.345 e. The summed E-state index contributed by atoms with van der Waals surface area (Å²) in [7, 11) is -3.62. The molecule has 0 bridgehead atoms. The number of halogens is 2. The van der Waals surface area contributed by atoms with Gasteiger partial charge in [0.05, 0.1) is 27.8 Å². The molecule has 1 aliphatic rings. The molecular weight excluding hydrogens is 503 g/mol. The average molecular weight is 532 g/mol. The van der Waals surface area contributed by atoms with E-state index in [4.69, 9.17) is 23.2 Å². The lowest BCUT2D eigenvalue weighted by atomic mass is 9.94. The van der Waals surface area contributed by atoms with Crippen LogP contribution in [0.15, 0.2) is 72.8 Å². The standard InChI is InChI=1S/C27H28Cl2N2O3S/c1-19-9-12-22(13-10-19)26(21-6-3-2-4-7-21)30-27(32)23-8-5-15-31(17-23)35(33,34)18-20-11-14-24(28)25(29)16-20/h2-4,6-7,9-14,16,23,26H,5,8,15,17-18H2,1H3,(H,30,32)/t23-,26-/m0/s1. The molecular formula is C27H28Cl2N2O3S. The lowest BCUT2D eigenvalue weighted by Gasteiger charge is -2.32. The first-order valence-electron chi connectivity index (χ1n) is 11.6. The monoisotopic (exact) mass is 530 g/mol. The van der Waals surface area contributed by atoms with Crippen LogP contribution < -0.4 is 5.32 Å². The second-order valence-corrected chi connectivity index (χ2v) is 11.7. The third-order valence-electron chi connectivity index (χ3n) is 6.31. The molecule has 5 nitrogen and oxygen atoms in total. The Morgan fingerprint density at radius 3 is 2.37 bits per heavy atom. The first-order chi connectivity index (χ1) is 16.7. The second kappa shape index (κ2) is 11.1. The highest BCUT2D eigenvalue weighted by atomic mass is 35.5. The maximum Gasteiger partial charge on any atom is 0.225 e. The first kappa shape index (κ1) is 25.7. The van der Waals surface area contributed by atoms with Crippen molar-refractivity contribution in [2.75, 3.05) is 13.1 Å². The molecule has 0 aromatic heterocycles. The van der Waals surface area contributed by atoms with E-state index in [0.717, 1.165) is 16.7 Å². The Balaban J connectivity index is 1.49. The van der Waals surface area contributed by atoms with Crippen LogP contribution in [0.25, 0.3) is 0 Å². The molecule has 35 heavy (non-hydrogen) atoms. The highest BCUT2D eigenvalue weighted by Crippen LogP contribution is 2.28. The number of aryl methyl sites for hydroxylation is 1. The van der Waals surface area contributed by atoms with Crippen LogP contribution in [0.2, 0.25) is 10.0 Å². The van der Waals surface area contributed by atoms with Crippen molar-refractivity contribution in [3.8, 4) is 0 Å². The summed E-state index contributed by atoms with van der Waals surface area (Å²) in [4.78, 5) is 13.4. The van der Waals surface area contributed by atoms with Gasteiger partial charge in [-0.05, 0) is 48.6 Å². The molecule has 0 saturated carbocycles. The van der Waals surface area contributed by atoms with Crippen LogP contribution >= 0.6 is 23.2 Å². The summed E-state index contributed by atoms with van der Waals surface area (Å²) in [6, 6.07) is 22.4. The summed E-state index contributed by atoms with van der Waals surface area (Å²) in [5.74, 6) is -0.758. The van der Waals surface area contributed by atoms with Crippen LogP contribution in [0.5, 0.6) is 0 Å². The molecule has 1 aliphatic heterocycles. The predicted molar refractivity (Wildman–Crippen MR) is 141 cm³/mol. The van der Waals surface area contributed by atoms with Gasteiger partial charge in [-0.25, -0.2) is 12.7 Å². The van der Waals surface area contributed by atoms with E-state index < -0.39 is 15.9 Å². The van der Waals surface area contributed by atoms with Crippen molar-refractivity contribution >= 4 is 39.1 Å². The fraction of sp³-hybridized carbons (Fsp3) is 0.296. The molecule has 1 N–H and O–H groups in total. The molecule has 0 unspecified atom stereocenters. The Morgan fingerprint density at radius 1 is 1.00 bits per heavy atom. The Hall–Kier alpha value is -2.38. The lowest BCUT2D eigenvalue weighted by molar-refractivity contribution is -0.126. The van der Waals surface area contributed by atoms with E-state index >= 15 is 0 Å². The zero-order valence-corrected chi connectivity index (χ0v) is 21.8. The van der Waals surface area contributed by atoms with Gasteiger partial charge in [-0.15, -0.1) is 0 Å². The number of nitrogens with one attached hydrogen (secondary N) is 1. The SMILES string of the molecule is Cc1ccc([C@@H](NC(=O)[C@H]2CCCN(S(=O)(=O)Cc3ccc(Cl)c(Cl)c3)C2)c2ccccc2)cc1. The van der Waals surface area contributed by atoms with Crippen LogP contribution in [0.4, 0.5) is 0 Å². The van der Waals surface area contributed by atoms with Crippen molar-refractivity contribution in [3.63, 3.8) is 0 Å². The van der Waals surface area contributed by atoms with E-state index in [1.807, 2.05) is 61.5 Å². The third-order valence-corrected chi connectivity index (χ3v) is 8.87. The van der Waals surface area contributed by atoms with Crippen LogP contribution in [-0.2, 0) is 20.6 Å². The van der Waals surface area contributed by atoms with Gasteiger partial charge in [-0.1, -0.05) is 89.4 Å². The smallest absolute Gasteiger partial charge is 0.225 e. The van der Waals surface area contributed by atoms with E-state index in [1.165, 1.54) is 4.31 Å². The van der Waals surface area contributed by atoms with Gasteiger partial charge in [0.25, 0.3) is 0 Å². The Morgan fingerprint density at radius 2 is 1.69 bits per heavy atom. The zero-order valence-electron chi connectivity index (χ0n) is 19.5. The van der Waals surface area contributed by atoms with Gasteiger partial charge >= 0.3 is 0 Å². The molecule has 1 fully saturated rings. The lowest BCUT2D eigenvalue weighted by Crippen LogP contribution is -2.46. The number of rotatable bonds is 7. The second-order valence-electron chi connectivity index (χ2n) is 8.96. The highest BCUT2D eigenvalue weighted by molar-refractivity contribution is 7.88. The minimum absolute atomic E-state index is 0.145. The van der Waals surface area contributed by atoms with Gasteiger partial charge in [0.1, 0.15) is 0 Å². The Bertz CT molecular complexity index is 1280. The fourth-order valence-electron chi connectivity index (χ4n) is 4.36. The first-order valence-corrected chi connectivity index (χ1v) is 13.9. The summed E-state index contributed by atoms with van der Waals surface area (Å²) in [5.41, 5.74) is 3.66. The summed E-state index contributed by atoms with van der Waals surface area (Å²) in [6.07, 6.45) is 1.26. The van der Waals surface area contributed by atoms with E-state index in [-0.39, 0.29) is 24.2 Å². The van der Waals surface area contributed by atoms with Gasteiger partial charge in [0.2, 0.25) is 15.9 Å². The quantitative estimate of drug-likeness (QED) is 0.422. The summed E-state index contributed by atoms with van der Waals surface area (Å²) < 4.78 is 27.7. The van der Waals surface area contributed by atoms with Crippen LogP contribution in [-0.4, -0.2) is 31.7 Å². The van der Waals surface area contributed by atoms with E-state index in [0.29, 0.717) is 35.0 Å². The number of hydrogen-bond donors (Lipinski definition) is 1. The topological polar surface area (TPSA) is 66.5 Å². The molecule has 3 aromatic carbocycles. The molecule has 184 valence electrons. The molecule has 4 rings (SSSR count). The van der Waals surface area contributed by atoms with E-state index in [2.05, 4.69) is 5.32 Å². The number of amides is 1. The minimum atomic E-state index is -3.62. The number of nitrogens with zero attached hydrogens (tertiary/aromatic N) is 1. The molecule has 2 atom stereocenters. The van der Waals surface area contributed by atoms with Crippen LogP contribution in [0.1, 0.15) is 41.1 Å². The maximum absolute atomic E-state index is 13.4. The van der Waals surface area contributed by atoms with Crippen molar-refractivity contribution in [1.82, 2.24) is 9.62 Å². The van der Waals surface area contributed by atoms with Crippen molar-refractivity contribution < 1.29 is 13.2 Å². The highest BCUT2D eigenvalue weighted by Gasteiger charge is 2.33. The molecule has 3 aromatic rings. The van der Waals surface area contributed by atoms with Crippen LogP contribution in [0, 0.1) is 12.8 Å². The molecule has 1 amide bonds. The molecule has 0 spiro atoms. The van der Waals surface area contributed by atoms with Gasteiger partial charge in [-0.2, -0.15) is 0 Å².